The van der Waals surface area contributed by atoms with E-state index in [2.05, 4.69) is 5.32 Å². The molecule has 9 heteroatoms. The maximum atomic E-state index is 13.3. The van der Waals surface area contributed by atoms with Gasteiger partial charge in [0, 0.05) is 23.1 Å². The summed E-state index contributed by atoms with van der Waals surface area (Å²) in [6.45, 7) is 6.04. The van der Waals surface area contributed by atoms with E-state index in [1.54, 1.807) is 11.8 Å². The zero-order valence-corrected chi connectivity index (χ0v) is 15.7. The van der Waals surface area contributed by atoms with Gasteiger partial charge in [0.15, 0.2) is 11.6 Å². The second-order valence-electron chi connectivity index (χ2n) is 6.18. The van der Waals surface area contributed by atoms with E-state index in [4.69, 9.17) is 0 Å². The van der Waals surface area contributed by atoms with Gasteiger partial charge in [0.25, 0.3) is 0 Å². The largest absolute Gasteiger partial charge is 0.354 e. The molecule has 0 atom stereocenters. The summed E-state index contributed by atoms with van der Waals surface area (Å²) in [6.07, 6.45) is 0.900. The van der Waals surface area contributed by atoms with Crippen molar-refractivity contribution in [1.82, 2.24) is 5.32 Å². The van der Waals surface area contributed by atoms with Crippen LogP contribution in [0.2, 0.25) is 0 Å². The molecule has 0 radical (unpaired) electrons. The third kappa shape index (κ3) is 7.04. The van der Waals surface area contributed by atoms with Crippen LogP contribution in [0.5, 0.6) is 0 Å². The minimum absolute atomic E-state index is 0.0646. The fourth-order valence-corrected chi connectivity index (χ4v) is 3.44. The average Bonchev–Trinajstić information content (AvgIpc) is 2.42. The lowest BCUT2D eigenvalue weighted by molar-refractivity contribution is -0.119. The highest BCUT2D eigenvalue weighted by Crippen LogP contribution is 2.22. The SMILES string of the molecule is CC(C)(C)SCCNC(=O)CN(c1ccc(F)c(F)c1)S(C)(=O)=O. The van der Waals surface area contributed by atoms with Crippen LogP contribution >= 0.6 is 11.8 Å². The molecule has 24 heavy (non-hydrogen) atoms. The van der Waals surface area contributed by atoms with Crippen molar-refractivity contribution in [2.45, 2.75) is 25.5 Å². The van der Waals surface area contributed by atoms with Gasteiger partial charge < -0.3 is 5.32 Å². The molecule has 0 aromatic heterocycles. The Morgan fingerprint density at radius 1 is 1.25 bits per heavy atom. The van der Waals surface area contributed by atoms with Gasteiger partial charge in [0.05, 0.1) is 11.9 Å². The highest BCUT2D eigenvalue weighted by atomic mass is 32.2. The van der Waals surface area contributed by atoms with Crippen LogP contribution in [0.1, 0.15) is 20.8 Å². The number of nitrogens with one attached hydrogen (secondary N) is 1. The van der Waals surface area contributed by atoms with Crippen molar-refractivity contribution in [2.75, 3.05) is 29.4 Å². The van der Waals surface area contributed by atoms with E-state index >= 15 is 0 Å². The first kappa shape index (κ1) is 20.7. The molecule has 0 bridgehead atoms. The number of nitrogens with zero attached hydrogens (tertiary/aromatic N) is 1. The molecule has 1 aromatic rings. The topological polar surface area (TPSA) is 66.5 Å². The minimum atomic E-state index is -3.82. The maximum Gasteiger partial charge on any atom is 0.240 e. The zero-order chi connectivity index (χ0) is 18.5. The van der Waals surface area contributed by atoms with Crippen LogP contribution in [0.25, 0.3) is 0 Å². The zero-order valence-electron chi connectivity index (χ0n) is 14.1. The van der Waals surface area contributed by atoms with Gasteiger partial charge in [-0.25, -0.2) is 17.2 Å². The van der Waals surface area contributed by atoms with Crippen LogP contribution in [0.15, 0.2) is 18.2 Å². The number of hydrogen-bond donors (Lipinski definition) is 1. The Hall–Kier alpha value is -1.35. The highest BCUT2D eigenvalue weighted by Gasteiger charge is 2.22. The van der Waals surface area contributed by atoms with E-state index < -0.39 is 34.1 Å². The van der Waals surface area contributed by atoms with Crippen molar-refractivity contribution in [1.29, 1.82) is 0 Å². The number of amides is 1. The molecule has 136 valence electrons. The first-order valence-corrected chi connectivity index (χ1v) is 10.1. The third-order valence-electron chi connectivity index (χ3n) is 2.84. The minimum Gasteiger partial charge on any atom is -0.354 e. The number of hydrogen-bond acceptors (Lipinski definition) is 4. The molecule has 0 heterocycles. The summed E-state index contributed by atoms with van der Waals surface area (Å²) >= 11 is 1.66. The van der Waals surface area contributed by atoms with Gasteiger partial charge in [0.1, 0.15) is 6.54 Å². The molecule has 0 unspecified atom stereocenters. The lowest BCUT2D eigenvalue weighted by Gasteiger charge is -2.22. The van der Waals surface area contributed by atoms with E-state index in [0.717, 1.165) is 28.8 Å². The van der Waals surface area contributed by atoms with E-state index in [1.807, 2.05) is 20.8 Å². The Kier molecular flexibility index (Phi) is 7.03. The van der Waals surface area contributed by atoms with Crippen molar-refractivity contribution in [2.24, 2.45) is 0 Å². The monoisotopic (exact) mass is 380 g/mol. The van der Waals surface area contributed by atoms with Gasteiger partial charge >= 0.3 is 0 Å². The Balaban J connectivity index is 2.74. The molecule has 0 spiro atoms. The standard InChI is InChI=1S/C15H22F2N2O3S2/c1-15(2,3)23-8-7-18-14(20)10-19(24(4,21)22)11-5-6-12(16)13(17)9-11/h5-6,9H,7-8,10H2,1-4H3,(H,18,20). The molecule has 0 aliphatic carbocycles. The number of thioether (sulfide) groups is 1. The van der Waals surface area contributed by atoms with Crippen molar-refractivity contribution < 1.29 is 22.0 Å². The van der Waals surface area contributed by atoms with Crippen LogP contribution < -0.4 is 9.62 Å². The number of halogens is 2. The Morgan fingerprint density at radius 3 is 2.38 bits per heavy atom. The highest BCUT2D eigenvalue weighted by molar-refractivity contribution is 8.00. The lowest BCUT2D eigenvalue weighted by Crippen LogP contribution is -2.41. The summed E-state index contributed by atoms with van der Waals surface area (Å²) in [5.74, 6) is -2.10. The fourth-order valence-electron chi connectivity index (χ4n) is 1.77. The van der Waals surface area contributed by atoms with Gasteiger partial charge in [0.2, 0.25) is 15.9 Å². The Bertz CT molecular complexity index is 688. The van der Waals surface area contributed by atoms with Crippen molar-refractivity contribution in [3.05, 3.63) is 29.8 Å². The average molecular weight is 380 g/mol. The number of carbonyl (C=O) groups is 1. The van der Waals surface area contributed by atoms with Crippen molar-refractivity contribution in [3.63, 3.8) is 0 Å². The van der Waals surface area contributed by atoms with Gasteiger partial charge in [-0.15, -0.1) is 0 Å². The molecule has 0 aliphatic heterocycles. The first-order valence-electron chi connectivity index (χ1n) is 7.23. The second-order valence-corrected chi connectivity index (χ2v) is 10.0. The van der Waals surface area contributed by atoms with Crippen molar-refractivity contribution >= 4 is 33.4 Å². The quantitative estimate of drug-likeness (QED) is 0.738. The summed E-state index contributed by atoms with van der Waals surface area (Å²) in [6, 6.07) is 2.68. The lowest BCUT2D eigenvalue weighted by atomic mass is 10.3. The molecular formula is C15H22F2N2O3S2. The van der Waals surface area contributed by atoms with Gasteiger partial charge in [-0.2, -0.15) is 11.8 Å². The number of carbonyl (C=O) groups excluding carboxylic acids is 1. The molecule has 1 rings (SSSR count). The third-order valence-corrected chi connectivity index (χ3v) is 5.25. The van der Waals surface area contributed by atoms with Crippen LogP contribution in [-0.2, 0) is 14.8 Å². The number of benzene rings is 1. The molecule has 1 amide bonds. The smallest absolute Gasteiger partial charge is 0.240 e. The Morgan fingerprint density at radius 2 is 1.88 bits per heavy atom. The molecule has 0 saturated heterocycles. The first-order chi connectivity index (χ1) is 10.9. The molecular weight excluding hydrogens is 358 g/mol. The molecule has 0 aliphatic rings. The van der Waals surface area contributed by atoms with E-state index in [9.17, 15) is 22.0 Å². The van der Waals surface area contributed by atoms with E-state index in [1.165, 1.54) is 0 Å². The summed E-state index contributed by atoms with van der Waals surface area (Å²) in [7, 11) is -3.82. The van der Waals surface area contributed by atoms with Crippen LogP contribution in [0, 0.1) is 11.6 Å². The number of sulfonamides is 1. The van der Waals surface area contributed by atoms with Crippen LogP contribution in [0.3, 0.4) is 0 Å². The number of anilines is 1. The molecule has 0 saturated carbocycles. The van der Waals surface area contributed by atoms with Gasteiger partial charge in [-0.05, 0) is 12.1 Å². The van der Waals surface area contributed by atoms with E-state index in [0.29, 0.717) is 12.3 Å². The molecule has 1 aromatic carbocycles. The molecule has 5 nitrogen and oxygen atoms in total. The summed E-state index contributed by atoms with van der Waals surface area (Å²) in [4.78, 5) is 12.0. The fraction of sp³-hybridized carbons (Fsp3) is 0.533. The molecule has 1 N–H and O–H groups in total. The predicted molar refractivity (Wildman–Crippen MR) is 93.8 cm³/mol. The Labute approximate surface area is 145 Å². The normalized spacial score (nSPS) is 12.1. The van der Waals surface area contributed by atoms with Gasteiger partial charge in [-0.1, -0.05) is 20.8 Å². The van der Waals surface area contributed by atoms with Crippen LogP contribution in [-0.4, -0.2) is 44.2 Å². The van der Waals surface area contributed by atoms with Crippen molar-refractivity contribution in [3.8, 4) is 0 Å². The summed E-state index contributed by atoms with van der Waals surface area (Å²) < 4.78 is 50.8. The second kappa shape index (κ2) is 8.15. The van der Waals surface area contributed by atoms with Crippen LogP contribution in [0.4, 0.5) is 14.5 Å². The predicted octanol–water partition coefficient (Wildman–Crippen LogP) is 2.38. The summed E-state index contributed by atoms with van der Waals surface area (Å²) in [5, 5.41) is 2.62. The van der Waals surface area contributed by atoms with Gasteiger partial charge in [-0.3, -0.25) is 9.10 Å². The summed E-state index contributed by atoms with van der Waals surface area (Å²) in [5.41, 5.74) is -0.101. The molecule has 0 fully saturated rings. The maximum absolute atomic E-state index is 13.3. The number of rotatable bonds is 7. The van der Waals surface area contributed by atoms with E-state index in [-0.39, 0.29) is 10.4 Å².